The summed E-state index contributed by atoms with van der Waals surface area (Å²) in [7, 11) is 0. The summed E-state index contributed by atoms with van der Waals surface area (Å²) < 4.78 is 17.4. The topological polar surface area (TPSA) is 60.0 Å². The summed E-state index contributed by atoms with van der Waals surface area (Å²) in [6.07, 6.45) is 0.383. The van der Waals surface area contributed by atoms with Gasteiger partial charge < -0.3 is 19.4 Å². The van der Waals surface area contributed by atoms with Crippen molar-refractivity contribution in [2.45, 2.75) is 32.4 Å². The average Bonchev–Trinajstić information content (AvgIpc) is 2.62. The summed E-state index contributed by atoms with van der Waals surface area (Å²) in [5, 5.41) is 9.57. The lowest BCUT2D eigenvalue weighted by molar-refractivity contribution is 0.0404. The zero-order valence-corrected chi connectivity index (χ0v) is 14.0. The molecule has 0 radical (unpaired) electrons. The van der Waals surface area contributed by atoms with Crippen molar-refractivity contribution in [2.75, 3.05) is 13.2 Å². The summed E-state index contributed by atoms with van der Waals surface area (Å²) >= 11 is 0. The molecular weight excluding hydrogens is 306 g/mol. The molecule has 1 aliphatic heterocycles. The van der Waals surface area contributed by atoms with Crippen molar-refractivity contribution in [1.82, 2.24) is 5.48 Å². The maximum absolute atomic E-state index is 9.57. The maximum Gasteiger partial charge on any atom is 0.161 e. The Balaban J connectivity index is 1.93. The molecule has 24 heavy (non-hydrogen) atoms. The first-order chi connectivity index (χ1) is 11.8. The van der Waals surface area contributed by atoms with Crippen LogP contribution in [0.25, 0.3) is 0 Å². The highest BCUT2D eigenvalue weighted by Crippen LogP contribution is 2.38. The van der Waals surface area contributed by atoms with E-state index in [4.69, 9.17) is 14.2 Å². The minimum Gasteiger partial charge on any atom is -0.490 e. The fraction of sp³-hybridized carbons (Fsp3) is 0.368. The third-order valence-corrected chi connectivity index (χ3v) is 4.09. The second-order valence-electron chi connectivity index (χ2n) is 5.66. The Morgan fingerprint density at radius 2 is 1.83 bits per heavy atom. The lowest BCUT2D eigenvalue weighted by Crippen LogP contribution is -2.40. The first kappa shape index (κ1) is 16.6. The van der Waals surface area contributed by atoms with E-state index in [0.29, 0.717) is 31.1 Å². The van der Waals surface area contributed by atoms with Gasteiger partial charge >= 0.3 is 0 Å². The van der Waals surface area contributed by atoms with Crippen molar-refractivity contribution in [3.05, 3.63) is 53.6 Å². The molecule has 0 fully saturated rings. The predicted octanol–water partition coefficient (Wildman–Crippen LogP) is 3.51. The fourth-order valence-corrected chi connectivity index (χ4v) is 3.01. The smallest absolute Gasteiger partial charge is 0.161 e. The zero-order valence-electron chi connectivity index (χ0n) is 14.0. The van der Waals surface area contributed by atoms with Gasteiger partial charge in [0, 0.05) is 0 Å². The fourth-order valence-electron chi connectivity index (χ4n) is 3.01. The van der Waals surface area contributed by atoms with Crippen molar-refractivity contribution < 1.29 is 19.4 Å². The molecule has 0 aliphatic carbocycles. The van der Waals surface area contributed by atoms with Crippen molar-refractivity contribution in [1.29, 1.82) is 0 Å². The van der Waals surface area contributed by atoms with Gasteiger partial charge in [-0.15, -0.1) is 0 Å². The Kier molecular flexibility index (Phi) is 5.23. The second kappa shape index (κ2) is 7.55. The first-order valence-electron chi connectivity index (χ1n) is 8.30. The molecule has 2 aromatic carbocycles. The molecule has 0 spiro atoms. The molecule has 2 aromatic rings. The number of fused-ring (bicyclic) bond motifs is 1. The van der Waals surface area contributed by atoms with Crippen LogP contribution in [0.5, 0.6) is 17.2 Å². The van der Waals surface area contributed by atoms with Crippen LogP contribution in [0.1, 0.15) is 31.1 Å². The largest absolute Gasteiger partial charge is 0.490 e. The average molecular weight is 329 g/mol. The van der Waals surface area contributed by atoms with Crippen LogP contribution in [0.3, 0.4) is 0 Å². The van der Waals surface area contributed by atoms with E-state index in [-0.39, 0.29) is 12.1 Å². The molecule has 5 heteroatoms. The first-order valence-corrected chi connectivity index (χ1v) is 8.30. The number of ether oxygens (including phenoxy) is 3. The number of nitrogens with one attached hydrogen (secondary N) is 1. The highest BCUT2D eigenvalue weighted by Gasteiger charge is 2.31. The Hall–Kier alpha value is -2.24. The summed E-state index contributed by atoms with van der Waals surface area (Å²) in [4.78, 5) is 0. The van der Waals surface area contributed by atoms with Gasteiger partial charge in [-0.2, -0.15) is 5.48 Å². The zero-order chi connectivity index (χ0) is 16.9. The van der Waals surface area contributed by atoms with Gasteiger partial charge in [0.25, 0.3) is 0 Å². The highest BCUT2D eigenvalue weighted by atomic mass is 16.5. The van der Waals surface area contributed by atoms with E-state index in [1.165, 1.54) is 0 Å². The van der Waals surface area contributed by atoms with Crippen molar-refractivity contribution >= 4 is 0 Å². The number of hydroxylamine groups is 1. The quantitative estimate of drug-likeness (QED) is 0.794. The van der Waals surface area contributed by atoms with Gasteiger partial charge in [0.2, 0.25) is 0 Å². The van der Waals surface area contributed by atoms with Gasteiger partial charge in [0.05, 0.1) is 19.3 Å². The minimum atomic E-state index is -0.306. The van der Waals surface area contributed by atoms with Crippen LogP contribution in [-0.4, -0.2) is 24.5 Å². The van der Waals surface area contributed by atoms with E-state index in [2.05, 4.69) is 5.48 Å². The summed E-state index contributed by atoms with van der Waals surface area (Å²) in [6, 6.07) is 13.4. The molecule has 0 amide bonds. The molecule has 0 unspecified atom stereocenters. The van der Waals surface area contributed by atoms with Gasteiger partial charge in [-0.25, -0.2) is 0 Å². The van der Waals surface area contributed by atoms with Crippen molar-refractivity contribution in [3.8, 4) is 17.2 Å². The van der Waals surface area contributed by atoms with Crippen LogP contribution in [-0.2, 0) is 6.42 Å². The van der Waals surface area contributed by atoms with E-state index in [1.54, 1.807) is 0 Å². The van der Waals surface area contributed by atoms with Gasteiger partial charge in [-0.05, 0) is 49.6 Å². The molecule has 2 atom stereocenters. The van der Waals surface area contributed by atoms with Gasteiger partial charge in [0.1, 0.15) is 11.9 Å². The van der Waals surface area contributed by atoms with Crippen LogP contribution >= 0.6 is 0 Å². The molecule has 0 saturated carbocycles. The molecule has 128 valence electrons. The van der Waals surface area contributed by atoms with Crippen LogP contribution < -0.4 is 19.7 Å². The second-order valence-corrected chi connectivity index (χ2v) is 5.66. The molecular formula is C19H23NO4. The molecule has 5 nitrogen and oxygen atoms in total. The number of para-hydroxylation sites is 1. The van der Waals surface area contributed by atoms with Crippen molar-refractivity contribution in [3.63, 3.8) is 0 Å². The molecule has 1 aliphatic rings. The third-order valence-electron chi connectivity index (χ3n) is 4.09. The highest BCUT2D eigenvalue weighted by molar-refractivity contribution is 5.45. The van der Waals surface area contributed by atoms with E-state index in [1.807, 2.05) is 56.3 Å². The molecule has 3 rings (SSSR count). The van der Waals surface area contributed by atoms with E-state index < -0.39 is 0 Å². The molecule has 0 saturated heterocycles. The van der Waals surface area contributed by atoms with Crippen LogP contribution in [0.4, 0.5) is 0 Å². The van der Waals surface area contributed by atoms with E-state index >= 15 is 0 Å². The predicted molar refractivity (Wildman–Crippen MR) is 91.0 cm³/mol. The lowest BCUT2D eigenvalue weighted by atomic mass is 9.93. The number of hydrogen-bond acceptors (Lipinski definition) is 5. The SMILES string of the molecule is CCOc1ccc([C@@H]2Oc3ccccc3C[C@@H]2NO)cc1OCC. The van der Waals surface area contributed by atoms with E-state index in [9.17, 15) is 5.21 Å². The minimum absolute atomic E-state index is 0.229. The number of rotatable bonds is 6. The molecule has 2 N–H and O–H groups in total. The van der Waals surface area contributed by atoms with Crippen LogP contribution in [0.15, 0.2) is 42.5 Å². The Morgan fingerprint density at radius 3 is 2.58 bits per heavy atom. The Labute approximate surface area is 142 Å². The van der Waals surface area contributed by atoms with Crippen molar-refractivity contribution in [2.24, 2.45) is 0 Å². The molecule has 0 aromatic heterocycles. The Morgan fingerprint density at radius 1 is 1.08 bits per heavy atom. The number of hydrogen-bond donors (Lipinski definition) is 2. The van der Waals surface area contributed by atoms with Crippen LogP contribution in [0, 0.1) is 0 Å². The molecule has 0 bridgehead atoms. The third kappa shape index (κ3) is 3.32. The Bertz CT molecular complexity index is 689. The summed E-state index contributed by atoms with van der Waals surface area (Å²) in [6.45, 7) is 5.01. The monoisotopic (exact) mass is 329 g/mol. The summed E-state index contributed by atoms with van der Waals surface area (Å²) in [5.74, 6) is 2.25. The molecule has 1 heterocycles. The maximum atomic E-state index is 9.57. The van der Waals surface area contributed by atoms with Crippen LogP contribution in [0.2, 0.25) is 0 Å². The summed E-state index contributed by atoms with van der Waals surface area (Å²) in [5.41, 5.74) is 4.40. The number of benzene rings is 2. The van der Waals surface area contributed by atoms with E-state index in [0.717, 1.165) is 16.9 Å². The standard InChI is InChI=1S/C19H23NO4/c1-3-22-17-10-9-14(12-18(17)23-4-2)19-15(20-21)11-13-7-5-6-8-16(13)24-19/h5-10,12,15,19-21H,3-4,11H2,1-2H3/t15-,19-/m0/s1. The van der Waals surface area contributed by atoms with Gasteiger partial charge in [-0.3, -0.25) is 0 Å². The normalized spacial score (nSPS) is 19.3. The van der Waals surface area contributed by atoms with Gasteiger partial charge in [-0.1, -0.05) is 24.3 Å². The lowest BCUT2D eigenvalue weighted by Gasteiger charge is -2.33. The van der Waals surface area contributed by atoms with Gasteiger partial charge in [0.15, 0.2) is 11.5 Å².